The minimum Gasteiger partial charge on any atom is -0.478 e. The van der Waals surface area contributed by atoms with Crippen LogP contribution < -0.4 is 5.32 Å². The Morgan fingerprint density at radius 3 is 2.62 bits per heavy atom. The SMILES string of the molecule is CC1(C)CC1Nc1ccc(C(=O)O)c(Br)c1. The van der Waals surface area contributed by atoms with E-state index >= 15 is 0 Å². The number of benzene rings is 1. The van der Waals surface area contributed by atoms with Gasteiger partial charge in [-0.25, -0.2) is 4.79 Å². The van der Waals surface area contributed by atoms with Gasteiger partial charge in [-0.1, -0.05) is 13.8 Å². The van der Waals surface area contributed by atoms with Crippen molar-refractivity contribution in [2.45, 2.75) is 26.3 Å². The summed E-state index contributed by atoms with van der Waals surface area (Å²) in [7, 11) is 0. The van der Waals surface area contributed by atoms with Crippen LogP contribution in [-0.2, 0) is 0 Å². The predicted molar refractivity (Wildman–Crippen MR) is 66.9 cm³/mol. The van der Waals surface area contributed by atoms with Gasteiger partial charge in [-0.2, -0.15) is 0 Å². The van der Waals surface area contributed by atoms with Gasteiger partial charge in [0.05, 0.1) is 5.56 Å². The average molecular weight is 284 g/mol. The van der Waals surface area contributed by atoms with Crippen LogP contribution in [0.15, 0.2) is 22.7 Å². The van der Waals surface area contributed by atoms with Crippen molar-refractivity contribution in [3.8, 4) is 0 Å². The Kier molecular flexibility index (Phi) is 2.70. The van der Waals surface area contributed by atoms with Crippen LogP contribution in [-0.4, -0.2) is 17.1 Å². The largest absolute Gasteiger partial charge is 0.478 e. The number of rotatable bonds is 3. The van der Waals surface area contributed by atoms with Crippen LogP contribution in [0, 0.1) is 5.41 Å². The maximum absolute atomic E-state index is 10.8. The van der Waals surface area contributed by atoms with E-state index in [4.69, 9.17) is 5.11 Å². The summed E-state index contributed by atoms with van der Waals surface area (Å²) in [5.41, 5.74) is 1.62. The molecule has 86 valence electrons. The normalized spacial score (nSPS) is 21.6. The molecule has 16 heavy (non-hydrogen) atoms. The Labute approximate surface area is 103 Å². The quantitative estimate of drug-likeness (QED) is 0.894. The number of aromatic carboxylic acids is 1. The molecule has 1 saturated carbocycles. The summed E-state index contributed by atoms with van der Waals surface area (Å²) in [6.07, 6.45) is 1.16. The van der Waals surface area contributed by atoms with Gasteiger partial charge in [0, 0.05) is 16.2 Å². The summed E-state index contributed by atoms with van der Waals surface area (Å²) in [6, 6.07) is 5.74. The maximum Gasteiger partial charge on any atom is 0.336 e. The molecule has 0 heterocycles. The van der Waals surface area contributed by atoms with Gasteiger partial charge < -0.3 is 10.4 Å². The highest BCUT2D eigenvalue weighted by atomic mass is 79.9. The lowest BCUT2D eigenvalue weighted by molar-refractivity contribution is 0.0696. The fraction of sp³-hybridized carbons (Fsp3) is 0.417. The van der Waals surface area contributed by atoms with Crippen LogP contribution in [0.2, 0.25) is 0 Å². The molecule has 1 aromatic rings. The van der Waals surface area contributed by atoms with Crippen molar-refractivity contribution in [2.24, 2.45) is 5.41 Å². The second-order valence-electron chi connectivity index (χ2n) is 4.89. The standard InChI is InChI=1S/C12H14BrNO2/c1-12(2)6-10(12)14-7-3-4-8(11(15)16)9(13)5-7/h3-5,10,14H,6H2,1-2H3,(H,15,16). The Bertz CT molecular complexity index is 443. The Balaban J connectivity index is 2.13. The molecule has 1 aliphatic carbocycles. The van der Waals surface area contributed by atoms with E-state index in [-0.39, 0.29) is 0 Å². The number of halogens is 1. The van der Waals surface area contributed by atoms with Gasteiger partial charge in [-0.15, -0.1) is 0 Å². The van der Waals surface area contributed by atoms with Crippen LogP contribution in [0.3, 0.4) is 0 Å². The van der Waals surface area contributed by atoms with Crippen LogP contribution in [0.1, 0.15) is 30.6 Å². The minimum absolute atomic E-state index is 0.292. The predicted octanol–water partition coefficient (Wildman–Crippen LogP) is 3.36. The first-order valence-corrected chi connectivity index (χ1v) is 5.99. The van der Waals surface area contributed by atoms with E-state index in [0.29, 0.717) is 21.5 Å². The van der Waals surface area contributed by atoms with Crippen LogP contribution in [0.5, 0.6) is 0 Å². The fourth-order valence-corrected chi connectivity index (χ4v) is 2.24. The molecule has 3 nitrogen and oxygen atoms in total. The average Bonchev–Trinajstić information content (AvgIpc) is 2.72. The van der Waals surface area contributed by atoms with Crippen molar-refractivity contribution in [3.05, 3.63) is 28.2 Å². The highest BCUT2D eigenvalue weighted by Gasteiger charge is 2.45. The summed E-state index contributed by atoms with van der Waals surface area (Å²) >= 11 is 3.27. The third-order valence-corrected chi connectivity index (χ3v) is 3.71. The van der Waals surface area contributed by atoms with Gasteiger partial charge in [0.2, 0.25) is 0 Å². The van der Waals surface area contributed by atoms with E-state index in [1.165, 1.54) is 0 Å². The number of anilines is 1. The molecule has 2 N–H and O–H groups in total. The minimum atomic E-state index is -0.912. The van der Waals surface area contributed by atoms with Gasteiger partial charge in [0.1, 0.15) is 0 Å². The number of hydrogen-bond acceptors (Lipinski definition) is 2. The van der Waals surface area contributed by atoms with E-state index in [9.17, 15) is 4.79 Å². The molecule has 1 aromatic carbocycles. The van der Waals surface area contributed by atoms with Crippen molar-refractivity contribution in [1.82, 2.24) is 0 Å². The Morgan fingerprint density at radius 1 is 1.56 bits per heavy atom. The van der Waals surface area contributed by atoms with Crippen LogP contribution in [0.25, 0.3) is 0 Å². The van der Waals surface area contributed by atoms with Gasteiger partial charge in [0.15, 0.2) is 0 Å². The highest BCUT2D eigenvalue weighted by molar-refractivity contribution is 9.10. The van der Waals surface area contributed by atoms with Gasteiger partial charge >= 0.3 is 5.97 Å². The van der Waals surface area contributed by atoms with E-state index in [1.54, 1.807) is 6.07 Å². The molecule has 1 aliphatic rings. The van der Waals surface area contributed by atoms with E-state index in [1.807, 2.05) is 12.1 Å². The van der Waals surface area contributed by atoms with Crippen molar-refractivity contribution >= 4 is 27.6 Å². The summed E-state index contributed by atoms with van der Waals surface area (Å²) in [5, 5.41) is 12.3. The van der Waals surface area contributed by atoms with Gasteiger partial charge in [-0.05, 0) is 46.0 Å². The number of carbonyl (C=O) groups is 1. The molecule has 2 rings (SSSR count). The molecule has 4 heteroatoms. The van der Waals surface area contributed by atoms with E-state index in [2.05, 4.69) is 35.1 Å². The van der Waals surface area contributed by atoms with Crippen LogP contribution in [0.4, 0.5) is 5.69 Å². The van der Waals surface area contributed by atoms with E-state index < -0.39 is 5.97 Å². The third kappa shape index (κ3) is 2.21. The lowest BCUT2D eigenvalue weighted by Gasteiger charge is -2.09. The zero-order chi connectivity index (χ0) is 11.9. The molecule has 0 aromatic heterocycles. The zero-order valence-electron chi connectivity index (χ0n) is 9.25. The molecular weight excluding hydrogens is 270 g/mol. The third-order valence-electron chi connectivity index (χ3n) is 3.05. The van der Waals surface area contributed by atoms with Crippen molar-refractivity contribution in [3.63, 3.8) is 0 Å². The van der Waals surface area contributed by atoms with Gasteiger partial charge in [0.25, 0.3) is 0 Å². The van der Waals surface area contributed by atoms with Crippen molar-refractivity contribution < 1.29 is 9.90 Å². The van der Waals surface area contributed by atoms with Gasteiger partial charge in [-0.3, -0.25) is 0 Å². The molecule has 0 bridgehead atoms. The number of hydrogen-bond donors (Lipinski definition) is 2. The Hall–Kier alpha value is -1.03. The number of carboxylic acids is 1. The smallest absolute Gasteiger partial charge is 0.336 e. The molecule has 1 atom stereocenters. The summed E-state index contributed by atoms with van der Waals surface area (Å²) in [6.45, 7) is 4.43. The molecule has 1 fully saturated rings. The fourth-order valence-electron chi connectivity index (χ4n) is 1.69. The molecule has 0 radical (unpaired) electrons. The van der Waals surface area contributed by atoms with Crippen LogP contribution >= 0.6 is 15.9 Å². The molecule has 0 amide bonds. The number of carboxylic acid groups (broad SMARTS) is 1. The lowest BCUT2D eigenvalue weighted by Crippen LogP contribution is -2.08. The number of nitrogens with one attached hydrogen (secondary N) is 1. The molecule has 1 unspecified atom stereocenters. The summed E-state index contributed by atoms with van der Waals surface area (Å²) in [5.74, 6) is -0.912. The second-order valence-corrected chi connectivity index (χ2v) is 5.74. The van der Waals surface area contributed by atoms with Crippen molar-refractivity contribution in [2.75, 3.05) is 5.32 Å². The topological polar surface area (TPSA) is 49.3 Å². The lowest BCUT2D eigenvalue weighted by atomic mass is 10.1. The summed E-state index contributed by atoms with van der Waals surface area (Å²) in [4.78, 5) is 10.8. The second kappa shape index (κ2) is 3.77. The maximum atomic E-state index is 10.8. The molecular formula is C12H14BrNO2. The molecule has 0 spiro atoms. The highest BCUT2D eigenvalue weighted by Crippen LogP contribution is 2.46. The molecule has 0 aliphatic heterocycles. The summed E-state index contributed by atoms with van der Waals surface area (Å²) < 4.78 is 0.614. The van der Waals surface area contributed by atoms with Crippen molar-refractivity contribution in [1.29, 1.82) is 0 Å². The zero-order valence-corrected chi connectivity index (χ0v) is 10.8. The van der Waals surface area contributed by atoms with E-state index in [0.717, 1.165) is 12.1 Å². The first-order valence-electron chi connectivity index (χ1n) is 5.19. The molecule has 0 saturated heterocycles. The Morgan fingerprint density at radius 2 is 2.19 bits per heavy atom. The first-order chi connectivity index (χ1) is 7.40. The first kappa shape index (κ1) is 11.5. The monoisotopic (exact) mass is 283 g/mol.